The molecule has 3 aliphatic heterocycles. The number of amides is 1. The predicted octanol–water partition coefficient (Wildman–Crippen LogP) is 7.77. The Morgan fingerprint density at radius 3 is 2.80 bits per heavy atom. The number of aryl methyl sites for hydroxylation is 1. The number of hydrogen-bond acceptors (Lipinski definition) is 10. The van der Waals surface area contributed by atoms with Crippen molar-refractivity contribution in [3.63, 3.8) is 0 Å². The lowest BCUT2D eigenvalue weighted by molar-refractivity contribution is 0.0635. The highest BCUT2D eigenvalue weighted by Crippen LogP contribution is 2.50. The number of rotatable bonds is 7. The Morgan fingerprint density at radius 1 is 1.19 bits per heavy atom. The average Bonchev–Trinajstić information content (AvgIpc) is 3.73. The Bertz CT molecular complexity index is 2300. The van der Waals surface area contributed by atoms with Gasteiger partial charge in [-0.05, 0) is 65.3 Å². The number of hydrogen-bond donors (Lipinski definition) is 1. The van der Waals surface area contributed by atoms with E-state index in [-0.39, 0.29) is 70.2 Å². The van der Waals surface area contributed by atoms with Crippen molar-refractivity contribution in [2.24, 2.45) is 7.05 Å². The van der Waals surface area contributed by atoms with Crippen LogP contribution in [0.1, 0.15) is 58.6 Å². The quantitative estimate of drug-likeness (QED) is 0.176. The monoisotopic (exact) mass is 764 g/mol. The fourth-order valence-corrected chi connectivity index (χ4v) is 8.47. The third-order valence-corrected chi connectivity index (χ3v) is 10.9. The van der Waals surface area contributed by atoms with Crippen LogP contribution >= 0.6 is 11.6 Å². The maximum absolute atomic E-state index is 17.4. The van der Waals surface area contributed by atoms with Crippen LogP contribution in [0.5, 0.6) is 11.8 Å². The molecule has 2 fully saturated rings. The Balaban J connectivity index is 1.29. The van der Waals surface area contributed by atoms with Crippen molar-refractivity contribution in [1.29, 1.82) is 0 Å². The minimum absolute atomic E-state index is 0.0697. The van der Waals surface area contributed by atoms with E-state index in [1.165, 1.54) is 10.7 Å². The third-order valence-electron chi connectivity index (χ3n) is 10.5. The van der Waals surface area contributed by atoms with Crippen LogP contribution in [0.4, 0.5) is 29.6 Å². The number of aromatic nitrogens is 5. The Morgan fingerprint density at radius 2 is 2.00 bits per heavy atom. The molecule has 12 nitrogen and oxygen atoms in total. The molecule has 6 heterocycles. The van der Waals surface area contributed by atoms with E-state index < -0.39 is 41.1 Å². The number of alkyl halides is 1. The summed E-state index contributed by atoms with van der Waals surface area (Å²) in [5.74, 6) is -1.04. The molecule has 8 rings (SSSR count). The summed E-state index contributed by atoms with van der Waals surface area (Å²) in [5, 5.41) is 7.60. The second-order valence-electron chi connectivity index (χ2n) is 15.2. The summed E-state index contributed by atoms with van der Waals surface area (Å²) in [6.07, 6.45) is 3.40. The van der Waals surface area contributed by atoms with Gasteiger partial charge in [0.05, 0.1) is 40.2 Å². The number of pyridine rings is 1. The number of halogens is 4. The summed E-state index contributed by atoms with van der Waals surface area (Å²) in [5.41, 5.74) is -0.872. The zero-order valence-electron chi connectivity index (χ0n) is 30.6. The highest BCUT2D eigenvalue weighted by Gasteiger charge is 2.49. The van der Waals surface area contributed by atoms with Crippen LogP contribution in [0, 0.1) is 11.6 Å². The molecule has 1 N–H and O–H groups in total. The molecule has 54 heavy (non-hydrogen) atoms. The molecule has 0 spiro atoms. The van der Waals surface area contributed by atoms with E-state index >= 15 is 8.78 Å². The molecule has 3 aromatic heterocycles. The zero-order valence-corrected chi connectivity index (χ0v) is 31.3. The molecule has 0 radical (unpaired) electrons. The van der Waals surface area contributed by atoms with Gasteiger partial charge < -0.3 is 19.1 Å². The second kappa shape index (κ2) is 13.4. The molecule has 0 aliphatic carbocycles. The standard InChI is InChI=1S/C38H40ClF3N8O4/c1-20(23-8-6-12-43-33(23)46-36(51)54-37(2,3)4)50-14-15-52-32-27-30(29(42)26(28(32)39)25-24(41)10-9-21-17-44-48(5)31(21)25)45-35(47-34(27)50)53-19-38-11-7-13-49(38)18-22(40)16-38/h6,8-10,12,17,20,22H,7,11,13-16,18-19H2,1-5H3,(H,43,46,51)/t20-,22-,38+/m1/s1. The summed E-state index contributed by atoms with van der Waals surface area (Å²) in [6, 6.07) is 5.66. The van der Waals surface area contributed by atoms with Crippen LogP contribution in [0.2, 0.25) is 5.02 Å². The summed E-state index contributed by atoms with van der Waals surface area (Å²) < 4.78 is 67.5. The number of ether oxygens (including phenoxy) is 3. The lowest BCUT2D eigenvalue weighted by Crippen LogP contribution is -2.43. The van der Waals surface area contributed by atoms with E-state index in [0.717, 1.165) is 19.4 Å². The Labute approximate surface area is 314 Å². The van der Waals surface area contributed by atoms with Crippen molar-refractivity contribution in [2.75, 3.05) is 43.1 Å². The lowest BCUT2D eigenvalue weighted by atomic mass is 9.95. The van der Waals surface area contributed by atoms with Gasteiger partial charge >= 0.3 is 12.1 Å². The second-order valence-corrected chi connectivity index (χ2v) is 15.5. The topological polar surface area (TPSA) is 120 Å². The van der Waals surface area contributed by atoms with Gasteiger partial charge in [-0.2, -0.15) is 15.1 Å². The molecular formula is C38H40ClF3N8O4. The lowest BCUT2D eigenvalue weighted by Gasteiger charge is -2.32. The van der Waals surface area contributed by atoms with Gasteiger partial charge in [-0.1, -0.05) is 17.7 Å². The first-order chi connectivity index (χ1) is 25.7. The van der Waals surface area contributed by atoms with Crippen LogP contribution in [-0.2, 0) is 11.8 Å². The number of carbonyl (C=O) groups is 1. The first kappa shape index (κ1) is 36.1. The van der Waals surface area contributed by atoms with Crippen molar-refractivity contribution >= 4 is 51.1 Å². The third kappa shape index (κ3) is 6.20. The van der Waals surface area contributed by atoms with Gasteiger partial charge in [-0.25, -0.2) is 22.9 Å². The Kier molecular flexibility index (Phi) is 8.99. The van der Waals surface area contributed by atoms with Gasteiger partial charge in [-0.3, -0.25) is 14.9 Å². The van der Waals surface area contributed by atoms with Crippen molar-refractivity contribution in [1.82, 2.24) is 29.6 Å². The highest BCUT2D eigenvalue weighted by atomic mass is 35.5. The summed E-state index contributed by atoms with van der Waals surface area (Å²) in [6.45, 7) is 8.64. The number of anilines is 2. The molecule has 0 bridgehead atoms. The predicted molar refractivity (Wildman–Crippen MR) is 198 cm³/mol. The number of nitrogens with zero attached hydrogens (tertiary/aromatic N) is 7. The maximum Gasteiger partial charge on any atom is 0.413 e. The minimum atomic E-state index is -0.984. The van der Waals surface area contributed by atoms with Gasteiger partial charge in [0.1, 0.15) is 48.0 Å². The summed E-state index contributed by atoms with van der Waals surface area (Å²) >= 11 is 7.06. The van der Waals surface area contributed by atoms with Crippen LogP contribution in [0.15, 0.2) is 36.7 Å². The number of benzene rings is 2. The largest absolute Gasteiger partial charge is 0.489 e. The van der Waals surface area contributed by atoms with E-state index in [2.05, 4.69) is 25.3 Å². The van der Waals surface area contributed by atoms with Crippen LogP contribution in [-0.4, -0.2) is 85.9 Å². The molecule has 0 saturated carbocycles. The fraction of sp³-hybridized carbons (Fsp3) is 0.447. The fourth-order valence-electron chi connectivity index (χ4n) is 8.15. The van der Waals surface area contributed by atoms with Gasteiger partial charge in [0.15, 0.2) is 11.6 Å². The molecule has 284 valence electrons. The number of fused-ring (bicyclic) bond motifs is 2. The van der Waals surface area contributed by atoms with E-state index in [9.17, 15) is 9.18 Å². The molecule has 2 aromatic carbocycles. The average molecular weight is 765 g/mol. The Hall–Kier alpha value is -4.89. The molecule has 16 heteroatoms. The van der Waals surface area contributed by atoms with E-state index in [4.69, 9.17) is 30.8 Å². The zero-order chi connectivity index (χ0) is 38.1. The van der Waals surface area contributed by atoms with Crippen molar-refractivity contribution in [3.8, 4) is 22.9 Å². The van der Waals surface area contributed by atoms with Crippen molar-refractivity contribution < 1.29 is 32.2 Å². The SMILES string of the molecule is C[C@H](c1cccnc1NC(=O)OC(C)(C)C)N1CCOc2c(Cl)c(-c3c(F)ccc4cnn(C)c34)c(F)c3nc(OC[C@@]45CCCN4C[C@H](F)C5)nc1c23. The van der Waals surface area contributed by atoms with Crippen LogP contribution in [0.3, 0.4) is 0 Å². The molecule has 3 atom stereocenters. The number of nitrogens with one attached hydrogen (secondary N) is 1. The summed E-state index contributed by atoms with van der Waals surface area (Å²) in [7, 11) is 1.64. The van der Waals surface area contributed by atoms with Gasteiger partial charge in [0, 0.05) is 48.3 Å². The van der Waals surface area contributed by atoms with Crippen molar-refractivity contribution in [2.45, 2.75) is 70.3 Å². The molecule has 2 saturated heterocycles. The molecular weight excluding hydrogens is 725 g/mol. The molecule has 1 amide bonds. The van der Waals surface area contributed by atoms with Crippen LogP contribution < -0.4 is 19.7 Å². The summed E-state index contributed by atoms with van der Waals surface area (Å²) in [4.78, 5) is 30.7. The highest BCUT2D eigenvalue weighted by molar-refractivity contribution is 6.37. The molecule has 0 unspecified atom stereocenters. The van der Waals surface area contributed by atoms with Gasteiger partial charge in [0.25, 0.3) is 0 Å². The van der Waals surface area contributed by atoms with E-state index in [1.54, 1.807) is 52.3 Å². The molecule has 5 aromatic rings. The van der Waals surface area contributed by atoms with Gasteiger partial charge in [0.2, 0.25) is 0 Å². The van der Waals surface area contributed by atoms with E-state index in [1.807, 2.05) is 17.9 Å². The first-order valence-corrected chi connectivity index (χ1v) is 18.3. The minimum Gasteiger partial charge on any atom is -0.489 e. The van der Waals surface area contributed by atoms with Crippen molar-refractivity contribution in [3.05, 3.63) is 58.9 Å². The first-order valence-electron chi connectivity index (χ1n) is 17.9. The smallest absolute Gasteiger partial charge is 0.413 e. The maximum atomic E-state index is 17.4. The van der Waals surface area contributed by atoms with Crippen LogP contribution in [0.25, 0.3) is 32.9 Å². The number of carbonyl (C=O) groups excluding carboxylic acids is 1. The normalized spacial score (nSPS) is 20.5. The molecule has 3 aliphatic rings. The van der Waals surface area contributed by atoms with E-state index in [0.29, 0.717) is 29.4 Å². The van der Waals surface area contributed by atoms with Gasteiger partial charge in [-0.15, -0.1) is 0 Å².